The van der Waals surface area contributed by atoms with Gasteiger partial charge in [0, 0.05) is 32.2 Å². The van der Waals surface area contributed by atoms with E-state index in [1.807, 2.05) is 0 Å². The first-order chi connectivity index (χ1) is 8.00. The van der Waals surface area contributed by atoms with Crippen molar-refractivity contribution in [2.24, 2.45) is 0 Å². The molecule has 0 bridgehead atoms. The Morgan fingerprint density at radius 3 is 2.53 bits per heavy atom. The average molecular weight is 257 g/mol. The maximum Gasteiger partial charge on any atom is 0.353 e. The Hall–Kier alpha value is -1.49. The largest absolute Gasteiger partial charge is 0.353 e. The summed E-state index contributed by atoms with van der Waals surface area (Å²) in [6.07, 6.45) is 1.46. The summed E-state index contributed by atoms with van der Waals surface area (Å²) in [5.41, 5.74) is 0.519. The first-order valence-corrected chi connectivity index (χ1v) is 6.27. The van der Waals surface area contributed by atoms with Crippen molar-refractivity contribution < 1.29 is 18.5 Å². The number of rotatable bonds is 5. The van der Waals surface area contributed by atoms with Crippen molar-refractivity contribution in [2.75, 3.05) is 14.2 Å². The molecule has 0 atom stereocenters. The zero-order chi connectivity index (χ0) is 12.9. The smallest absolute Gasteiger partial charge is 0.309 e. The van der Waals surface area contributed by atoms with E-state index in [1.165, 1.54) is 38.2 Å². The van der Waals surface area contributed by atoms with Crippen LogP contribution >= 0.6 is 7.60 Å². The van der Waals surface area contributed by atoms with E-state index >= 15 is 0 Å². The van der Waals surface area contributed by atoms with Gasteiger partial charge in [0.1, 0.15) is 0 Å². The van der Waals surface area contributed by atoms with Crippen molar-refractivity contribution in [3.05, 3.63) is 45.8 Å². The molecule has 0 fully saturated rings. The zero-order valence-corrected chi connectivity index (χ0v) is 10.3. The van der Waals surface area contributed by atoms with Crippen LogP contribution in [0.3, 0.4) is 0 Å². The van der Waals surface area contributed by atoms with E-state index in [9.17, 15) is 14.7 Å². The van der Waals surface area contributed by atoms with Gasteiger partial charge >= 0.3 is 7.60 Å². The molecule has 0 aliphatic heterocycles. The summed E-state index contributed by atoms with van der Waals surface area (Å²) in [6, 6.07) is 5.94. The number of hydrogen-bond acceptors (Lipinski definition) is 5. The van der Waals surface area contributed by atoms with Gasteiger partial charge in [0.2, 0.25) is 0 Å². The Kier molecular flexibility index (Phi) is 4.57. The quantitative estimate of drug-likeness (QED) is 0.460. The van der Waals surface area contributed by atoms with Crippen molar-refractivity contribution in [3.8, 4) is 0 Å². The molecule has 0 aliphatic carbocycles. The minimum atomic E-state index is -3.24. The summed E-state index contributed by atoms with van der Waals surface area (Å²) in [6.45, 7) is 0. The van der Waals surface area contributed by atoms with Crippen LogP contribution < -0.4 is 0 Å². The highest BCUT2D eigenvalue weighted by atomic mass is 31.2. The maximum absolute atomic E-state index is 11.7. The molecule has 92 valence electrons. The monoisotopic (exact) mass is 257 g/mol. The Balaban J connectivity index is 2.96. The minimum Gasteiger partial charge on any atom is -0.309 e. The van der Waals surface area contributed by atoms with Gasteiger partial charge in [0.05, 0.1) is 4.92 Å². The number of nitro groups is 1. The van der Waals surface area contributed by atoms with Gasteiger partial charge in [-0.25, -0.2) is 0 Å². The van der Waals surface area contributed by atoms with E-state index in [2.05, 4.69) is 0 Å². The third-order valence-corrected chi connectivity index (χ3v) is 3.57. The van der Waals surface area contributed by atoms with Crippen LogP contribution in [0.25, 0.3) is 6.08 Å². The molecule has 6 nitrogen and oxygen atoms in total. The lowest BCUT2D eigenvalue weighted by Gasteiger charge is -2.07. The van der Waals surface area contributed by atoms with Gasteiger partial charge in [0.15, 0.2) is 0 Å². The first kappa shape index (κ1) is 13.6. The number of nitro benzene ring substituents is 1. The summed E-state index contributed by atoms with van der Waals surface area (Å²) in [5, 5.41) is 10.5. The molecular weight excluding hydrogens is 245 g/mol. The van der Waals surface area contributed by atoms with Crippen LogP contribution in [-0.4, -0.2) is 19.1 Å². The van der Waals surface area contributed by atoms with E-state index in [1.54, 1.807) is 12.1 Å². The molecule has 0 heterocycles. The van der Waals surface area contributed by atoms with Crippen molar-refractivity contribution in [1.29, 1.82) is 0 Å². The van der Waals surface area contributed by atoms with Gasteiger partial charge in [0.25, 0.3) is 5.69 Å². The van der Waals surface area contributed by atoms with Crippen molar-refractivity contribution >= 4 is 19.4 Å². The fourth-order valence-electron chi connectivity index (χ4n) is 1.12. The molecule has 1 rings (SSSR count). The highest BCUT2D eigenvalue weighted by Gasteiger charge is 2.15. The molecule has 0 spiro atoms. The van der Waals surface area contributed by atoms with Crippen LogP contribution in [0.15, 0.2) is 30.1 Å². The van der Waals surface area contributed by atoms with Crippen LogP contribution in [0.2, 0.25) is 0 Å². The molecule has 0 radical (unpaired) electrons. The molecule has 0 aliphatic rings. The number of nitrogens with zero attached hydrogens (tertiary/aromatic N) is 1. The number of hydrogen-bond donors (Lipinski definition) is 0. The fourth-order valence-corrected chi connectivity index (χ4v) is 1.86. The third kappa shape index (κ3) is 3.78. The topological polar surface area (TPSA) is 78.7 Å². The Morgan fingerprint density at radius 2 is 2.00 bits per heavy atom. The summed E-state index contributed by atoms with van der Waals surface area (Å²) in [7, 11) is -0.704. The Morgan fingerprint density at radius 1 is 1.35 bits per heavy atom. The van der Waals surface area contributed by atoms with Gasteiger partial charge < -0.3 is 9.05 Å². The van der Waals surface area contributed by atoms with Crippen molar-refractivity contribution in [1.82, 2.24) is 0 Å². The molecule has 1 aromatic carbocycles. The van der Waals surface area contributed by atoms with Crippen LogP contribution in [0.5, 0.6) is 0 Å². The number of benzene rings is 1. The van der Waals surface area contributed by atoms with E-state index in [-0.39, 0.29) is 5.69 Å². The zero-order valence-electron chi connectivity index (χ0n) is 9.40. The van der Waals surface area contributed by atoms with E-state index in [4.69, 9.17) is 9.05 Å². The van der Waals surface area contributed by atoms with E-state index < -0.39 is 12.5 Å². The molecule has 0 saturated carbocycles. The molecule has 0 amide bonds. The summed E-state index contributed by atoms with van der Waals surface area (Å²) >= 11 is 0. The van der Waals surface area contributed by atoms with Crippen molar-refractivity contribution in [3.63, 3.8) is 0 Å². The van der Waals surface area contributed by atoms with Crippen LogP contribution in [0, 0.1) is 10.1 Å². The van der Waals surface area contributed by atoms with Crippen LogP contribution in [0.4, 0.5) is 5.69 Å². The summed E-state index contributed by atoms with van der Waals surface area (Å²) in [4.78, 5) is 10.0. The Labute approximate surface area is 98.5 Å². The van der Waals surface area contributed by atoms with Gasteiger partial charge in [-0.05, 0) is 11.6 Å². The molecule has 0 saturated heterocycles. The molecule has 0 unspecified atom stereocenters. The fraction of sp³-hybridized carbons (Fsp3) is 0.200. The molecule has 0 aromatic heterocycles. The Bertz CT molecular complexity index is 477. The second-order valence-electron chi connectivity index (χ2n) is 3.07. The summed E-state index contributed by atoms with van der Waals surface area (Å²) < 4.78 is 21.1. The highest BCUT2D eigenvalue weighted by molar-refractivity contribution is 7.57. The summed E-state index contributed by atoms with van der Waals surface area (Å²) in [5.74, 6) is 1.26. The number of non-ortho nitro benzene ring substituents is 1. The van der Waals surface area contributed by atoms with Crippen molar-refractivity contribution in [2.45, 2.75) is 0 Å². The lowest BCUT2D eigenvalue weighted by Crippen LogP contribution is -1.87. The SMILES string of the molecule is COP(=O)(/C=C/c1cccc([N+](=O)[O-])c1)OC. The predicted octanol–water partition coefficient (Wildman–Crippen LogP) is 3.05. The van der Waals surface area contributed by atoms with Gasteiger partial charge in [-0.3, -0.25) is 14.7 Å². The van der Waals surface area contributed by atoms with Gasteiger partial charge in [-0.1, -0.05) is 12.1 Å². The average Bonchev–Trinajstić information content (AvgIpc) is 2.36. The normalized spacial score (nSPS) is 11.9. The molecule has 0 N–H and O–H groups in total. The van der Waals surface area contributed by atoms with Crippen LogP contribution in [-0.2, 0) is 13.6 Å². The minimum absolute atomic E-state index is 0.0307. The molecule has 1 aromatic rings. The lowest BCUT2D eigenvalue weighted by molar-refractivity contribution is -0.384. The maximum atomic E-state index is 11.7. The molecule has 7 heteroatoms. The van der Waals surface area contributed by atoms with Crippen LogP contribution in [0.1, 0.15) is 5.56 Å². The van der Waals surface area contributed by atoms with E-state index in [0.29, 0.717) is 5.56 Å². The van der Waals surface area contributed by atoms with E-state index in [0.717, 1.165) is 0 Å². The standard InChI is InChI=1S/C10H12NO5P/c1-15-17(14,16-2)7-6-9-4-3-5-10(8-9)11(12)13/h3-8H,1-2H3/b7-6+. The second kappa shape index (κ2) is 5.72. The van der Waals surface area contributed by atoms with Gasteiger partial charge in [-0.15, -0.1) is 0 Å². The first-order valence-electron chi connectivity index (χ1n) is 4.65. The molecular formula is C10H12NO5P. The predicted molar refractivity (Wildman–Crippen MR) is 63.8 cm³/mol. The highest BCUT2D eigenvalue weighted by Crippen LogP contribution is 2.48. The second-order valence-corrected chi connectivity index (χ2v) is 5.18. The van der Waals surface area contributed by atoms with Gasteiger partial charge in [-0.2, -0.15) is 0 Å². The lowest BCUT2D eigenvalue weighted by atomic mass is 10.2. The molecule has 17 heavy (non-hydrogen) atoms. The third-order valence-electron chi connectivity index (χ3n) is 2.04.